The first-order chi connectivity index (χ1) is 18.1. The minimum atomic E-state index is 0.126. The van der Waals surface area contributed by atoms with Crippen LogP contribution in [0.25, 0.3) is 22.2 Å². The van der Waals surface area contributed by atoms with Gasteiger partial charge in [0.1, 0.15) is 36.3 Å². The molecular weight excluding hydrogens is 490 g/mol. The van der Waals surface area contributed by atoms with E-state index >= 15 is 0 Å². The van der Waals surface area contributed by atoms with Gasteiger partial charge < -0.3 is 13.9 Å². The average molecular weight is 510 g/mol. The fraction of sp³-hybridized carbons (Fsp3) is 0.103. The van der Waals surface area contributed by atoms with E-state index in [1.54, 1.807) is 18.3 Å². The lowest BCUT2D eigenvalue weighted by molar-refractivity contribution is 0.111. The highest BCUT2D eigenvalue weighted by molar-refractivity contribution is 6.32. The summed E-state index contributed by atoms with van der Waals surface area (Å²) in [4.78, 5) is 19.8. The third kappa shape index (κ3) is 5.15. The summed E-state index contributed by atoms with van der Waals surface area (Å²) in [5.74, 6) is 0.710. The van der Waals surface area contributed by atoms with Gasteiger partial charge in [0.05, 0.1) is 16.1 Å². The second-order valence-corrected chi connectivity index (χ2v) is 8.74. The number of nitrogens with zero attached hydrogens (tertiary/aromatic N) is 3. The molecule has 0 saturated carbocycles. The van der Waals surface area contributed by atoms with Gasteiger partial charge in [0.15, 0.2) is 18.3 Å². The number of nitriles is 1. The van der Waals surface area contributed by atoms with Gasteiger partial charge in [0.25, 0.3) is 0 Å². The van der Waals surface area contributed by atoms with Crippen LogP contribution >= 0.6 is 11.6 Å². The molecule has 37 heavy (non-hydrogen) atoms. The zero-order valence-electron chi connectivity index (χ0n) is 19.8. The number of aldehydes is 1. The van der Waals surface area contributed by atoms with Crippen molar-refractivity contribution in [1.29, 1.82) is 5.26 Å². The molecule has 0 unspecified atom stereocenters. The maximum absolute atomic E-state index is 11.6. The molecule has 0 aliphatic heterocycles. The number of ether oxygens (including phenoxy) is 2. The van der Waals surface area contributed by atoms with Gasteiger partial charge in [-0.2, -0.15) is 5.26 Å². The highest BCUT2D eigenvalue weighted by atomic mass is 35.5. The number of halogens is 1. The molecular formula is C29H20ClN3O4. The van der Waals surface area contributed by atoms with Crippen LogP contribution in [0.15, 0.2) is 77.8 Å². The van der Waals surface area contributed by atoms with Crippen LogP contribution in [0.1, 0.15) is 32.6 Å². The van der Waals surface area contributed by atoms with E-state index < -0.39 is 0 Å². The molecule has 0 saturated heterocycles. The summed E-state index contributed by atoms with van der Waals surface area (Å²) in [5, 5.41) is 9.37. The third-order valence-electron chi connectivity index (χ3n) is 5.98. The zero-order valence-corrected chi connectivity index (χ0v) is 20.5. The Morgan fingerprint density at radius 1 is 1.05 bits per heavy atom. The molecule has 2 aromatic heterocycles. The summed E-state index contributed by atoms with van der Waals surface area (Å²) in [5.41, 5.74) is 7.06. The molecule has 0 radical (unpaired) electrons. The van der Waals surface area contributed by atoms with Crippen LogP contribution in [0.5, 0.6) is 11.5 Å². The Morgan fingerprint density at radius 2 is 1.92 bits per heavy atom. The van der Waals surface area contributed by atoms with E-state index in [9.17, 15) is 4.79 Å². The molecule has 8 heteroatoms. The molecule has 0 aliphatic rings. The maximum Gasteiger partial charge on any atom is 0.181 e. The monoisotopic (exact) mass is 509 g/mol. The number of carbonyl (C=O) groups is 1. The van der Waals surface area contributed by atoms with Crippen molar-refractivity contribution in [2.45, 2.75) is 20.1 Å². The maximum atomic E-state index is 11.6. The topological polar surface area (TPSA) is 98.2 Å². The minimum Gasteiger partial charge on any atom is -0.488 e. The zero-order chi connectivity index (χ0) is 25.8. The van der Waals surface area contributed by atoms with E-state index in [4.69, 9.17) is 30.8 Å². The summed E-state index contributed by atoms with van der Waals surface area (Å²) in [7, 11) is 0. The molecule has 2 heterocycles. The summed E-state index contributed by atoms with van der Waals surface area (Å²) < 4.78 is 17.4. The van der Waals surface area contributed by atoms with Crippen molar-refractivity contribution in [2.75, 3.05) is 0 Å². The largest absolute Gasteiger partial charge is 0.488 e. The Morgan fingerprint density at radius 3 is 2.76 bits per heavy atom. The highest BCUT2D eigenvalue weighted by Gasteiger charge is 2.14. The summed E-state index contributed by atoms with van der Waals surface area (Å²) in [6.07, 6.45) is 5.18. The summed E-state index contributed by atoms with van der Waals surface area (Å²) in [6.45, 7) is 2.42. The molecule has 0 bridgehead atoms. The number of fused-ring (bicyclic) bond motifs is 1. The highest BCUT2D eigenvalue weighted by Crippen LogP contribution is 2.34. The number of hydrogen-bond acceptors (Lipinski definition) is 7. The van der Waals surface area contributed by atoms with Gasteiger partial charge in [0, 0.05) is 24.0 Å². The number of carbonyl (C=O) groups excluding carboxylic acids is 1. The van der Waals surface area contributed by atoms with Crippen LogP contribution in [0.3, 0.4) is 0 Å². The standard InChI is InChI=1S/C29H20ClN3O4/c1-18-22(3-2-4-24(18)21-5-6-26-29(9-21)37-17-33-26)16-36-28-10-27(23(14-34)8-25(28)30)35-15-20-7-19(11-31)12-32-13-20/h2-10,12-14,17H,15-16H2,1H3. The third-order valence-corrected chi connectivity index (χ3v) is 6.28. The van der Waals surface area contributed by atoms with E-state index in [-0.39, 0.29) is 13.2 Å². The Bertz CT molecular complexity index is 1660. The Kier molecular flexibility index (Phi) is 6.84. The van der Waals surface area contributed by atoms with Gasteiger partial charge in [0.2, 0.25) is 0 Å². The van der Waals surface area contributed by atoms with Crippen LogP contribution in [-0.2, 0) is 13.2 Å². The number of pyridine rings is 1. The van der Waals surface area contributed by atoms with Crippen molar-refractivity contribution in [3.8, 4) is 28.7 Å². The molecule has 0 N–H and O–H groups in total. The lowest BCUT2D eigenvalue weighted by Crippen LogP contribution is -2.03. The minimum absolute atomic E-state index is 0.126. The van der Waals surface area contributed by atoms with E-state index in [0.717, 1.165) is 33.4 Å². The van der Waals surface area contributed by atoms with Gasteiger partial charge in [-0.1, -0.05) is 35.9 Å². The lowest BCUT2D eigenvalue weighted by Gasteiger charge is -2.15. The first kappa shape index (κ1) is 24.0. The molecule has 0 atom stereocenters. The predicted octanol–water partition coefficient (Wildman–Crippen LogP) is 6.69. The van der Waals surface area contributed by atoms with Crippen molar-refractivity contribution in [2.24, 2.45) is 0 Å². The van der Waals surface area contributed by atoms with E-state index in [2.05, 4.69) is 9.97 Å². The van der Waals surface area contributed by atoms with Crippen LogP contribution in [0, 0.1) is 18.3 Å². The molecule has 7 nitrogen and oxygen atoms in total. The molecule has 3 aromatic carbocycles. The van der Waals surface area contributed by atoms with Gasteiger partial charge in [-0.25, -0.2) is 4.98 Å². The van der Waals surface area contributed by atoms with Crippen LogP contribution in [-0.4, -0.2) is 16.3 Å². The fourth-order valence-corrected chi connectivity index (χ4v) is 4.22. The van der Waals surface area contributed by atoms with Crippen LogP contribution in [0.4, 0.5) is 0 Å². The lowest BCUT2D eigenvalue weighted by atomic mass is 9.96. The summed E-state index contributed by atoms with van der Waals surface area (Å²) in [6, 6.07) is 18.8. The molecule has 0 amide bonds. The smallest absolute Gasteiger partial charge is 0.181 e. The SMILES string of the molecule is Cc1c(COc2cc(OCc3cncc(C#N)c3)c(C=O)cc2Cl)cccc1-c1ccc2ncoc2c1. The number of hydrogen-bond donors (Lipinski definition) is 0. The summed E-state index contributed by atoms with van der Waals surface area (Å²) >= 11 is 6.41. The molecule has 182 valence electrons. The van der Waals surface area contributed by atoms with E-state index in [1.807, 2.05) is 49.4 Å². The first-order valence-electron chi connectivity index (χ1n) is 11.4. The number of rotatable bonds is 8. The predicted molar refractivity (Wildman–Crippen MR) is 139 cm³/mol. The fourth-order valence-electron chi connectivity index (χ4n) is 4.00. The molecule has 0 spiro atoms. The molecule has 0 fully saturated rings. The Hall–Kier alpha value is -4.67. The number of oxazole rings is 1. The molecule has 0 aliphatic carbocycles. The van der Waals surface area contributed by atoms with Crippen molar-refractivity contribution >= 4 is 29.0 Å². The Labute approximate surface area is 217 Å². The quantitative estimate of drug-likeness (QED) is 0.215. The van der Waals surface area contributed by atoms with Gasteiger partial charge in [-0.15, -0.1) is 0 Å². The first-order valence-corrected chi connectivity index (χ1v) is 11.7. The van der Waals surface area contributed by atoms with Crippen LogP contribution < -0.4 is 9.47 Å². The van der Waals surface area contributed by atoms with Gasteiger partial charge >= 0.3 is 0 Å². The van der Waals surface area contributed by atoms with E-state index in [0.29, 0.717) is 39.5 Å². The van der Waals surface area contributed by atoms with Crippen molar-refractivity contribution in [3.63, 3.8) is 0 Å². The number of aromatic nitrogens is 2. The molecule has 5 rings (SSSR count). The van der Waals surface area contributed by atoms with Crippen molar-refractivity contribution in [3.05, 3.63) is 106 Å². The van der Waals surface area contributed by atoms with Crippen LogP contribution in [0.2, 0.25) is 5.02 Å². The Balaban J connectivity index is 1.36. The van der Waals surface area contributed by atoms with Crippen molar-refractivity contribution in [1.82, 2.24) is 9.97 Å². The van der Waals surface area contributed by atoms with Gasteiger partial charge in [-0.05, 0) is 53.4 Å². The van der Waals surface area contributed by atoms with E-state index in [1.165, 1.54) is 18.7 Å². The van der Waals surface area contributed by atoms with Gasteiger partial charge in [-0.3, -0.25) is 9.78 Å². The molecule has 5 aromatic rings. The second kappa shape index (κ2) is 10.5. The van der Waals surface area contributed by atoms with Crippen molar-refractivity contribution < 1.29 is 18.7 Å². The normalized spacial score (nSPS) is 10.7. The average Bonchev–Trinajstić information content (AvgIpc) is 3.40. The second-order valence-electron chi connectivity index (χ2n) is 8.33. The number of benzene rings is 3.